The van der Waals surface area contributed by atoms with Gasteiger partial charge in [-0.1, -0.05) is 54.6 Å². The number of halogens is 2. The van der Waals surface area contributed by atoms with Gasteiger partial charge >= 0.3 is 11.7 Å². The lowest BCUT2D eigenvalue weighted by Crippen LogP contribution is -2.40. The standard InChI is InChI=1S/C32H29BrN4O8.ClH/c1-2-42-32(39)27(17-38)34-16-23-14-28(37(40)41)30(15-29(23)43-18-20-11-12-25-26(13-20)36-45-35-25)44-19-22-9-6-10-24(31(22)33)21-7-4-3-5-8-21;/h3-15,27,34,38H,2,16-19H2,1H3;1H. The second kappa shape index (κ2) is 16.1. The molecule has 0 aliphatic rings. The first-order valence-corrected chi connectivity index (χ1v) is 14.8. The molecule has 0 spiro atoms. The van der Waals surface area contributed by atoms with E-state index >= 15 is 0 Å². The molecule has 1 aromatic heterocycles. The Hall–Kier alpha value is -4.56. The van der Waals surface area contributed by atoms with Crippen LogP contribution in [-0.4, -0.2) is 45.6 Å². The molecule has 0 amide bonds. The number of ether oxygens (including phenoxy) is 3. The van der Waals surface area contributed by atoms with Gasteiger partial charge in [-0.3, -0.25) is 20.2 Å². The topological polar surface area (TPSA) is 159 Å². The van der Waals surface area contributed by atoms with Crippen LogP contribution in [0.1, 0.15) is 23.6 Å². The van der Waals surface area contributed by atoms with Crippen LogP contribution >= 0.6 is 28.3 Å². The maximum absolute atomic E-state index is 12.2. The highest BCUT2D eigenvalue weighted by Crippen LogP contribution is 2.37. The van der Waals surface area contributed by atoms with Crippen LogP contribution in [0, 0.1) is 10.1 Å². The molecule has 4 aromatic carbocycles. The summed E-state index contributed by atoms with van der Waals surface area (Å²) in [6, 6.07) is 22.6. The number of nitro benzene ring substituents is 1. The van der Waals surface area contributed by atoms with Crippen LogP contribution in [-0.2, 0) is 29.3 Å². The van der Waals surface area contributed by atoms with E-state index in [0.29, 0.717) is 16.6 Å². The first-order valence-electron chi connectivity index (χ1n) is 14.0. The summed E-state index contributed by atoms with van der Waals surface area (Å²) in [4.78, 5) is 23.9. The Bertz CT molecular complexity index is 1800. The smallest absolute Gasteiger partial charge is 0.325 e. The third-order valence-electron chi connectivity index (χ3n) is 6.89. The lowest BCUT2D eigenvalue weighted by atomic mass is 10.0. The second-order valence-corrected chi connectivity index (χ2v) is 10.7. The number of hydrogen-bond donors (Lipinski definition) is 2. The molecular formula is C32H30BrClN4O8. The number of esters is 1. The monoisotopic (exact) mass is 712 g/mol. The van der Waals surface area contributed by atoms with Crippen molar-refractivity contribution in [3.63, 3.8) is 0 Å². The Kier molecular flexibility index (Phi) is 12.0. The van der Waals surface area contributed by atoms with E-state index in [1.54, 1.807) is 25.1 Å². The number of benzene rings is 4. The summed E-state index contributed by atoms with van der Waals surface area (Å²) in [5.41, 5.74) is 4.71. The predicted molar refractivity (Wildman–Crippen MR) is 175 cm³/mol. The summed E-state index contributed by atoms with van der Waals surface area (Å²) in [5, 5.41) is 32.5. The van der Waals surface area contributed by atoms with Crippen molar-refractivity contribution in [2.45, 2.75) is 32.7 Å². The van der Waals surface area contributed by atoms with Gasteiger partial charge in [0, 0.05) is 34.3 Å². The van der Waals surface area contributed by atoms with Gasteiger partial charge in [0.2, 0.25) is 5.75 Å². The number of aliphatic hydroxyl groups is 1. The zero-order chi connectivity index (χ0) is 31.8. The number of aliphatic hydroxyl groups excluding tert-OH is 1. The van der Waals surface area contributed by atoms with Gasteiger partial charge in [0.25, 0.3) is 0 Å². The van der Waals surface area contributed by atoms with Crippen LogP contribution in [0.5, 0.6) is 11.5 Å². The van der Waals surface area contributed by atoms with Crippen molar-refractivity contribution in [3.05, 3.63) is 110 Å². The molecule has 0 bridgehead atoms. The zero-order valence-electron chi connectivity index (χ0n) is 24.6. The molecule has 1 unspecified atom stereocenters. The Morgan fingerprint density at radius 1 is 0.978 bits per heavy atom. The molecule has 0 saturated heterocycles. The maximum atomic E-state index is 12.2. The summed E-state index contributed by atoms with van der Waals surface area (Å²) in [5.74, 6) is -0.370. The molecule has 240 valence electrons. The van der Waals surface area contributed by atoms with E-state index < -0.39 is 23.5 Å². The predicted octanol–water partition coefficient (Wildman–Crippen LogP) is 6.15. The van der Waals surface area contributed by atoms with Crippen molar-refractivity contribution in [2.24, 2.45) is 0 Å². The van der Waals surface area contributed by atoms with Gasteiger partial charge in [-0.05, 0) is 62.0 Å². The van der Waals surface area contributed by atoms with Crippen LogP contribution < -0.4 is 14.8 Å². The number of carbonyl (C=O) groups excluding carboxylic acids is 1. The summed E-state index contributed by atoms with van der Waals surface area (Å²) in [7, 11) is 0. The summed E-state index contributed by atoms with van der Waals surface area (Å²) in [6.07, 6.45) is 0. The second-order valence-electron chi connectivity index (χ2n) is 9.86. The molecule has 14 heteroatoms. The quantitative estimate of drug-likeness (QED) is 0.0772. The Labute approximate surface area is 278 Å². The highest BCUT2D eigenvalue weighted by molar-refractivity contribution is 9.10. The molecule has 0 fully saturated rings. The number of nitrogens with zero attached hydrogens (tertiary/aromatic N) is 3. The van der Waals surface area contributed by atoms with E-state index in [-0.39, 0.29) is 56.0 Å². The molecule has 46 heavy (non-hydrogen) atoms. The largest absolute Gasteiger partial charge is 0.488 e. The summed E-state index contributed by atoms with van der Waals surface area (Å²) >= 11 is 3.67. The van der Waals surface area contributed by atoms with Crippen LogP contribution in [0.25, 0.3) is 22.2 Å². The number of rotatable bonds is 14. The fraction of sp³-hybridized carbons (Fsp3) is 0.219. The van der Waals surface area contributed by atoms with E-state index in [2.05, 4.69) is 31.6 Å². The molecule has 5 aromatic rings. The Morgan fingerprint density at radius 3 is 2.48 bits per heavy atom. The minimum absolute atomic E-state index is 0. The molecule has 12 nitrogen and oxygen atoms in total. The lowest BCUT2D eigenvalue weighted by Gasteiger charge is -2.18. The molecular weight excluding hydrogens is 684 g/mol. The van der Waals surface area contributed by atoms with Gasteiger partial charge in [-0.15, -0.1) is 12.4 Å². The minimum atomic E-state index is -1.04. The molecule has 0 saturated carbocycles. The van der Waals surface area contributed by atoms with Crippen molar-refractivity contribution in [3.8, 4) is 22.6 Å². The van der Waals surface area contributed by atoms with Gasteiger partial charge in [0.1, 0.15) is 36.0 Å². The summed E-state index contributed by atoms with van der Waals surface area (Å²) < 4.78 is 22.8. The van der Waals surface area contributed by atoms with Gasteiger partial charge in [-0.2, -0.15) is 0 Å². The van der Waals surface area contributed by atoms with Crippen molar-refractivity contribution in [2.75, 3.05) is 13.2 Å². The lowest BCUT2D eigenvalue weighted by molar-refractivity contribution is -0.386. The highest BCUT2D eigenvalue weighted by atomic mass is 79.9. The number of nitro groups is 1. The van der Waals surface area contributed by atoms with E-state index in [0.717, 1.165) is 26.7 Å². The first kappa shape index (κ1) is 34.3. The number of nitrogens with one attached hydrogen (secondary N) is 1. The normalized spacial score (nSPS) is 11.5. The molecule has 0 radical (unpaired) electrons. The number of carbonyl (C=O) groups is 1. The fourth-order valence-corrected chi connectivity index (χ4v) is 5.20. The van der Waals surface area contributed by atoms with Crippen molar-refractivity contribution >= 4 is 51.0 Å². The van der Waals surface area contributed by atoms with Crippen LogP contribution in [0.2, 0.25) is 0 Å². The third kappa shape index (κ3) is 8.17. The highest BCUT2D eigenvalue weighted by Gasteiger charge is 2.24. The SMILES string of the molecule is CCOC(=O)C(CO)NCc1cc([N+](=O)[O-])c(OCc2cccc(-c3ccccc3)c2Br)cc1OCc1ccc2nonc2c1.Cl. The van der Waals surface area contributed by atoms with Gasteiger partial charge < -0.3 is 19.3 Å². The first-order chi connectivity index (χ1) is 21.9. The van der Waals surface area contributed by atoms with Crippen LogP contribution in [0.3, 0.4) is 0 Å². The van der Waals surface area contributed by atoms with E-state index in [1.807, 2.05) is 48.5 Å². The molecule has 1 heterocycles. The number of aromatic nitrogens is 2. The molecule has 5 rings (SSSR count). The molecule has 0 aliphatic heterocycles. The number of fused-ring (bicyclic) bond motifs is 1. The maximum Gasteiger partial charge on any atom is 0.325 e. The van der Waals surface area contributed by atoms with E-state index in [1.165, 1.54) is 12.1 Å². The molecule has 1 atom stereocenters. The fourth-order valence-electron chi connectivity index (χ4n) is 4.59. The summed E-state index contributed by atoms with van der Waals surface area (Å²) in [6.45, 7) is 1.34. The van der Waals surface area contributed by atoms with Gasteiger partial charge in [0.05, 0.1) is 18.1 Å². The van der Waals surface area contributed by atoms with E-state index in [9.17, 15) is 20.0 Å². The van der Waals surface area contributed by atoms with Crippen LogP contribution in [0.4, 0.5) is 5.69 Å². The third-order valence-corrected chi connectivity index (χ3v) is 7.83. The van der Waals surface area contributed by atoms with Gasteiger partial charge in [-0.25, -0.2) is 4.63 Å². The number of hydrogen-bond acceptors (Lipinski definition) is 11. The zero-order valence-corrected chi connectivity index (χ0v) is 27.0. The van der Waals surface area contributed by atoms with Crippen molar-refractivity contribution < 1.29 is 33.7 Å². The van der Waals surface area contributed by atoms with Crippen LogP contribution in [0.15, 0.2) is 88.0 Å². The minimum Gasteiger partial charge on any atom is -0.488 e. The molecule has 2 N–H and O–H groups in total. The Balaban J connectivity index is 0.00000480. The van der Waals surface area contributed by atoms with E-state index in [4.69, 9.17) is 18.8 Å². The average Bonchev–Trinajstić information content (AvgIpc) is 3.52. The van der Waals surface area contributed by atoms with Gasteiger partial charge in [0.15, 0.2) is 0 Å². The van der Waals surface area contributed by atoms with Crippen molar-refractivity contribution in [1.82, 2.24) is 15.6 Å². The average molecular weight is 714 g/mol. The Morgan fingerprint density at radius 2 is 1.74 bits per heavy atom. The van der Waals surface area contributed by atoms with Crippen molar-refractivity contribution in [1.29, 1.82) is 0 Å². The molecule has 0 aliphatic carbocycles.